The van der Waals surface area contributed by atoms with Crippen LogP contribution in [0.15, 0.2) is 59.2 Å². The van der Waals surface area contributed by atoms with Gasteiger partial charge in [-0.2, -0.15) is 0 Å². The molecule has 0 aliphatic heterocycles. The van der Waals surface area contributed by atoms with E-state index in [9.17, 15) is 0 Å². The van der Waals surface area contributed by atoms with Crippen molar-refractivity contribution in [1.82, 2.24) is 0 Å². The second kappa shape index (κ2) is 5.06. The Morgan fingerprint density at radius 3 is 2.84 bits per heavy atom. The first kappa shape index (κ1) is 11.7. The van der Waals surface area contributed by atoms with Gasteiger partial charge in [-0.3, -0.25) is 0 Å². The topological polar surface area (TPSA) is 37.2 Å². The molecule has 3 nitrogen and oxygen atoms in total. The second-order valence-corrected chi connectivity index (χ2v) is 4.45. The molecule has 3 aromatic rings. The third-order valence-corrected chi connectivity index (χ3v) is 3.18. The fraction of sp³-hybridized carbons (Fsp3) is 0.125. The lowest BCUT2D eigenvalue weighted by molar-refractivity contribution is 0.616. The van der Waals surface area contributed by atoms with Crippen LogP contribution in [-0.2, 0) is 6.54 Å². The molecule has 0 radical (unpaired) electrons. The van der Waals surface area contributed by atoms with E-state index in [1.807, 2.05) is 25.2 Å². The fourth-order valence-electron chi connectivity index (χ4n) is 2.15. The molecule has 3 rings (SSSR count). The van der Waals surface area contributed by atoms with Gasteiger partial charge in [-0.05, 0) is 29.8 Å². The zero-order valence-corrected chi connectivity index (χ0v) is 10.8. The number of para-hydroxylation sites is 1. The van der Waals surface area contributed by atoms with Gasteiger partial charge in [-0.15, -0.1) is 0 Å². The van der Waals surface area contributed by atoms with Gasteiger partial charge in [0.25, 0.3) is 0 Å². The number of rotatable bonds is 4. The van der Waals surface area contributed by atoms with Crippen molar-refractivity contribution in [3.05, 3.63) is 60.4 Å². The van der Waals surface area contributed by atoms with Crippen LogP contribution in [0.3, 0.4) is 0 Å². The Hall–Kier alpha value is -2.42. The highest BCUT2D eigenvalue weighted by Gasteiger charge is 2.04. The molecule has 96 valence electrons. The highest BCUT2D eigenvalue weighted by atomic mass is 16.3. The maximum atomic E-state index is 5.51. The molecule has 19 heavy (non-hydrogen) atoms. The van der Waals surface area contributed by atoms with Crippen molar-refractivity contribution in [3.63, 3.8) is 0 Å². The number of furan rings is 1. The van der Waals surface area contributed by atoms with E-state index in [2.05, 4.69) is 41.0 Å². The van der Waals surface area contributed by atoms with E-state index in [1.165, 1.54) is 5.56 Å². The van der Waals surface area contributed by atoms with Crippen LogP contribution < -0.4 is 10.6 Å². The van der Waals surface area contributed by atoms with Crippen molar-refractivity contribution in [2.24, 2.45) is 0 Å². The predicted octanol–water partition coefficient (Wildman–Crippen LogP) is 4.09. The molecule has 0 aliphatic rings. The van der Waals surface area contributed by atoms with E-state index in [-0.39, 0.29) is 0 Å². The van der Waals surface area contributed by atoms with Crippen molar-refractivity contribution in [1.29, 1.82) is 0 Å². The highest BCUT2D eigenvalue weighted by Crippen LogP contribution is 2.25. The van der Waals surface area contributed by atoms with Crippen molar-refractivity contribution in [3.8, 4) is 0 Å². The van der Waals surface area contributed by atoms with E-state index in [0.29, 0.717) is 0 Å². The fourth-order valence-corrected chi connectivity index (χ4v) is 2.15. The minimum atomic E-state index is 0.777. The molecule has 0 saturated carbocycles. The van der Waals surface area contributed by atoms with Crippen LogP contribution >= 0.6 is 0 Å². The quantitative estimate of drug-likeness (QED) is 0.734. The zero-order chi connectivity index (χ0) is 13.1. The Balaban J connectivity index is 1.78. The first-order valence-electron chi connectivity index (χ1n) is 6.33. The largest absolute Gasteiger partial charge is 0.462 e. The lowest BCUT2D eigenvalue weighted by atomic mass is 10.2. The average molecular weight is 252 g/mol. The number of nitrogens with one attached hydrogen (secondary N) is 2. The van der Waals surface area contributed by atoms with Crippen LogP contribution in [-0.4, -0.2) is 7.05 Å². The third-order valence-electron chi connectivity index (χ3n) is 3.18. The first-order chi connectivity index (χ1) is 9.36. The molecule has 0 aliphatic carbocycles. The molecule has 0 spiro atoms. The molecular weight excluding hydrogens is 236 g/mol. The molecule has 1 heterocycles. The molecule has 3 heteroatoms. The van der Waals surface area contributed by atoms with Crippen LogP contribution in [0.25, 0.3) is 11.0 Å². The Kier molecular flexibility index (Phi) is 3.11. The van der Waals surface area contributed by atoms with Crippen molar-refractivity contribution in [2.75, 3.05) is 17.7 Å². The number of anilines is 2. The van der Waals surface area contributed by atoms with Gasteiger partial charge in [0.2, 0.25) is 0 Å². The lowest BCUT2D eigenvalue weighted by Gasteiger charge is -2.06. The minimum Gasteiger partial charge on any atom is -0.462 e. The maximum absolute atomic E-state index is 5.51. The smallest absolute Gasteiger partial charge is 0.136 e. The minimum absolute atomic E-state index is 0.777. The summed E-state index contributed by atoms with van der Waals surface area (Å²) < 4.78 is 5.51. The van der Waals surface area contributed by atoms with Gasteiger partial charge in [0.15, 0.2) is 0 Å². The molecule has 2 N–H and O–H groups in total. The van der Waals surface area contributed by atoms with Crippen molar-refractivity contribution in [2.45, 2.75) is 6.54 Å². The number of hydrogen-bond donors (Lipinski definition) is 2. The molecule has 0 fully saturated rings. The monoisotopic (exact) mass is 252 g/mol. The number of fused-ring (bicyclic) bond motifs is 1. The zero-order valence-electron chi connectivity index (χ0n) is 10.8. The van der Waals surface area contributed by atoms with Gasteiger partial charge < -0.3 is 15.1 Å². The van der Waals surface area contributed by atoms with Gasteiger partial charge in [0, 0.05) is 24.7 Å². The van der Waals surface area contributed by atoms with E-state index in [1.54, 1.807) is 6.26 Å². The molecule has 0 atom stereocenters. The van der Waals surface area contributed by atoms with Crippen LogP contribution in [0.2, 0.25) is 0 Å². The van der Waals surface area contributed by atoms with E-state index >= 15 is 0 Å². The van der Waals surface area contributed by atoms with E-state index in [0.717, 1.165) is 28.9 Å². The summed E-state index contributed by atoms with van der Waals surface area (Å²) in [6.45, 7) is 0.777. The Labute approximate surface area is 112 Å². The van der Waals surface area contributed by atoms with Crippen LogP contribution in [0.4, 0.5) is 11.4 Å². The van der Waals surface area contributed by atoms with Crippen molar-refractivity contribution >= 4 is 22.3 Å². The lowest BCUT2D eigenvalue weighted by Crippen LogP contribution is -1.99. The van der Waals surface area contributed by atoms with Gasteiger partial charge in [-0.25, -0.2) is 0 Å². The number of benzene rings is 2. The van der Waals surface area contributed by atoms with Gasteiger partial charge in [-0.1, -0.05) is 24.3 Å². The summed E-state index contributed by atoms with van der Waals surface area (Å²) in [5.41, 5.74) is 4.30. The first-order valence-corrected chi connectivity index (χ1v) is 6.33. The molecule has 0 saturated heterocycles. The number of hydrogen-bond acceptors (Lipinski definition) is 3. The molecular formula is C16H16N2O. The predicted molar refractivity (Wildman–Crippen MR) is 79.5 cm³/mol. The Morgan fingerprint density at radius 1 is 1.05 bits per heavy atom. The summed E-state index contributed by atoms with van der Waals surface area (Å²) in [5, 5.41) is 7.68. The standard InChI is InChI=1S/C16H16N2O/c1-17-13-6-4-5-12(9-13)10-18-15-11-19-16-8-3-2-7-14(15)16/h2-9,11,17-18H,10H2,1H3. The van der Waals surface area contributed by atoms with Crippen LogP contribution in [0.5, 0.6) is 0 Å². The van der Waals surface area contributed by atoms with Gasteiger partial charge in [0.05, 0.1) is 5.69 Å². The highest BCUT2D eigenvalue weighted by molar-refractivity contribution is 5.90. The molecule has 0 bridgehead atoms. The van der Waals surface area contributed by atoms with Crippen molar-refractivity contribution < 1.29 is 4.42 Å². The normalized spacial score (nSPS) is 10.6. The second-order valence-electron chi connectivity index (χ2n) is 4.45. The molecule has 0 amide bonds. The van der Waals surface area contributed by atoms with Crippen LogP contribution in [0, 0.1) is 0 Å². The Morgan fingerprint density at radius 2 is 1.95 bits per heavy atom. The van der Waals surface area contributed by atoms with Gasteiger partial charge in [0.1, 0.15) is 11.8 Å². The summed E-state index contributed by atoms with van der Waals surface area (Å²) in [6, 6.07) is 16.4. The summed E-state index contributed by atoms with van der Waals surface area (Å²) in [6.07, 6.45) is 1.77. The summed E-state index contributed by atoms with van der Waals surface area (Å²) in [5.74, 6) is 0. The third kappa shape index (κ3) is 2.40. The maximum Gasteiger partial charge on any atom is 0.136 e. The van der Waals surface area contributed by atoms with Crippen LogP contribution in [0.1, 0.15) is 5.56 Å². The van der Waals surface area contributed by atoms with E-state index < -0.39 is 0 Å². The molecule has 0 unspecified atom stereocenters. The van der Waals surface area contributed by atoms with E-state index in [4.69, 9.17) is 4.42 Å². The van der Waals surface area contributed by atoms with Gasteiger partial charge >= 0.3 is 0 Å². The molecule has 1 aromatic heterocycles. The molecule has 2 aromatic carbocycles. The summed E-state index contributed by atoms with van der Waals surface area (Å²) >= 11 is 0. The average Bonchev–Trinajstić information content (AvgIpc) is 2.89. The SMILES string of the molecule is CNc1cccc(CNc2coc3ccccc23)c1. The Bertz CT molecular complexity index is 688. The summed E-state index contributed by atoms with van der Waals surface area (Å²) in [4.78, 5) is 0. The summed E-state index contributed by atoms with van der Waals surface area (Å²) in [7, 11) is 1.93.